The average Bonchev–Trinajstić information content (AvgIpc) is 3.03. The fraction of sp³-hybridized carbons (Fsp3) is 0.333. The van der Waals surface area contributed by atoms with Crippen LogP contribution in [0.3, 0.4) is 0 Å². The van der Waals surface area contributed by atoms with Crippen molar-refractivity contribution in [2.24, 2.45) is 0 Å². The molecule has 1 aliphatic rings. The number of nitrogens with one attached hydrogen (secondary N) is 1. The Bertz CT molecular complexity index is 735. The second-order valence-corrected chi connectivity index (χ2v) is 6.53. The first kappa shape index (κ1) is 15.6. The second-order valence-electron chi connectivity index (χ2n) is 5.67. The van der Waals surface area contributed by atoms with E-state index >= 15 is 0 Å². The van der Waals surface area contributed by atoms with Crippen molar-refractivity contribution in [2.75, 3.05) is 23.3 Å². The van der Waals surface area contributed by atoms with Gasteiger partial charge in [0.1, 0.15) is 16.6 Å². The van der Waals surface area contributed by atoms with Gasteiger partial charge in [-0.15, -0.1) is 11.3 Å². The largest absolute Gasteiger partial charge is 0.370 e. The van der Waals surface area contributed by atoms with Crippen LogP contribution in [0.5, 0.6) is 0 Å². The van der Waals surface area contributed by atoms with Crippen molar-refractivity contribution in [2.45, 2.75) is 26.2 Å². The zero-order chi connectivity index (χ0) is 16.1. The molecule has 0 spiro atoms. The number of aromatic nitrogens is 1. The third-order valence-electron chi connectivity index (χ3n) is 3.94. The third kappa shape index (κ3) is 3.72. The number of thiazole rings is 1. The lowest BCUT2D eigenvalue weighted by atomic mass is 10.1. The number of allylic oxidation sites excluding steroid dienone is 1. The summed E-state index contributed by atoms with van der Waals surface area (Å²) in [4.78, 5) is 6.80. The summed E-state index contributed by atoms with van der Waals surface area (Å²) in [6.07, 6.45) is 5.56. The first-order chi connectivity index (χ1) is 11.3. The number of benzene rings is 1. The summed E-state index contributed by atoms with van der Waals surface area (Å²) < 4.78 is 0. The van der Waals surface area contributed by atoms with Crippen LogP contribution in [-0.2, 0) is 0 Å². The Kier molecular flexibility index (Phi) is 4.94. The summed E-state index contributed by atoms with van der Waals surface area (Å²) in [7, 11) is 0. The molecule has 1 aliphatic heterocycles. The molecule has 1 saturated heterocycles. The molecule has 0 amide bonds. The molecule has 0 bridgehead atoms. The molecule has 2 aromatic rings. The number of para-hydroxylation sites is 2. The molecule has 1 fully saturated rings. The Morgan fingerprint density at radius 2 is 2.09 bits per heavy atom. The van der Waals surface area contributed by atoms with Gasteiger partial charge in [-0.1, -0.05) is 12.1 Å². The highest BCUT2D eigenvalue weighted by Gasteiger charge is 2.14. The van der Waals surface area contributed by atoms with Gasteiger partial charge in [-0.25, -0.2) is 4.98 Å². The lowest BCUT2D eigenvalue weighted by Gasteiger charge is -2.30. The number of hydrogen-bond donors (Lipinski definition) is 1. The maximum Gasteiger partial charge on any atom is 0.135 e. The smallest absolute Gasteiger partial charge is 0.135 e. The van der Waals surface area contributed by atoms with Gasteiger partial charge in [0.15, 0.2) is 0 Å². The van der Waals surface area contributed by atoms with Crippen LogP contribution >= 0.6 is 11.3 Å². The maximum atomic E-state index is 9.38. The Balaban J connectivity index is 1.82. The van der Waals surface area contributed by atoms with Gasteiger partial charge in [0, 0.05) is 30.4 Å². The highest BCUT2D eigenvalue weighted by atomic mass is 32.1. The van der Waals surface area contributed by atoms with Gasteiger partial charge >= 0.3 is 0 Å². The van der Waals surface area contributed by atoms with E-state index in [1.54, 1.807) is 6.20 Å². The fourth-order valence-corrected chi connectivity index (χ4v) is 3.54. The Morgan fingerprint density at radius 1 is 1.30 bits per heavy atom. The molecule has 23 heavy (non-hydrogen) atoms. The molecule has 3 rings (SSSR count). The monoisotopic (exact) mass is 324 g/mol. The summed E-state index contributed by atoms with van der Waals surface area (Å²) in [6.45, 7) is 4.13. The normalized spacial score (nSPS) is 15.3. The second kappa shape index (κ2) is 7.30. The molecular formula is C18H20N4S. The first-order valence-electron chi connectivity index (χ1n) is 7.91. The van der Waals surface area contributed by atoms with Gasteiger partial charge in [0.05, 0.1) is 11.4 Å². The van der Waals surface area contributed by atoms with E-state index in [2.05, 4.69) is 39.5 Å². The van der Waals surface area contributed by atoms with Crippen molar-refractivity contribution in [3.63, 3.8) is 0 Å². The minimum atomic E-state index is 0.566. The van der Waals surface area contributed by atoms with Gasteiger partial charge < -0.3 is 10.2 Å². The molecule has 4 nitrogen and oxygen atoms in total. The fourth-order valence-electron chi connectivity index (χ4n) is 2.78. The van der Waals surface area contributed by atoms with E-state index in [4.69, 9.17) is 0 Å². The summed E-state index contributed by atoms with van der Waals surface area (Å²) in [5, 5.41) is 15.4. The molecule has 118 valence electrons. The number of aryl methyl sites for hydroxylation is 1. The van der Waals surface area contributed by atoms with Crippen molar-refractivity contribution < 1.29 is 0 Å². The lowest BCUT2D eigenvalue weighted by molar-refractivity contribution is 0.578. The molecule has 0 unspecified atom stereocenters. The van der Waals surface area contributed by atoms with E-state index in [9.17, 15) is 5.26 Å². The Morgan fingerprint density at radius 3 is 2.78 bits per heavy atom. The van der Waals surface area contributed by atoms with E-state index in [1.165, 1.54) is 36.3 Å². The summed E-state index contributed by atoms with van der Waals surface area (Å²) in [6, 6.07) is 10.5. The van der Waals surface area contributed by atoms with Gasteiger partial charge in [0.25, 0.3) is 0 Å². The SMILES string of the molecule is Cc1csc(C(C#N)=CNc2ccccc2N2CCCCC2)n1. The average molecular weight is 324 g/mol. The van der Waals surface area contributed by atoms with Crippen LogP contribution in [0.4, 0.5) is 11.4 Å². The van der Waals surface area contributed by atoms with Gasteiger partial charge in [-0.2, -0.15) is 5.26 Å². The van der Waals surface area contributed by atoms with E-state index in [1.807, 2.05) is 18.4 Å². The summed E-state index contributed by atoms with van der Waals surface area (Å²) >= 11 is 1.50. The minimum absolute atomic E-state index is 0.566. The number of piperidine rings is 1. The van der Waals surface area contributed by atoms with Gasteiger partial charge in [0.2, 0.25) is 0 Å². The zero-order valence-electron chi connectivity index (χ0n) is 13.2. The number of anilines is 2. The molecular weight excluding hydrogens is 304 g/mol. The standard InChI is InChI=1S/C18H20N4S/c1-14-13-23-18(21-14)15(11-19)12-20-16-7-3-4-8-17(16)22-9-5-2-6-10-22/h3-4,7-8,12-13,20H,2,5-6,9-10H2,1H3. The van der Waals surface area contributed by atoms with Crippen LogP contribution in [-0.4, -0.2) is 18.1 Å². The molecule has 5 heteroatoms. The van der Waals surface area contributed by atoms with Crippen molar-refractivity contribution in [1.29, 1.82) is 5.26 Å². The topological polar surface area (TPSA) is 52.0 Å². The highest BCUT2D eigenvalue weighted by Crippen LogP contribution is 2.29. The lowest BCUT2D eigenvalue weighted by Crippen LogP contribution is -2.29. The maximum absolute atomic E-state index is 9.38. The highest BCUT2D eigenvalue weighted by molar-refractivity contribution is 7.10. The van der Waals surface area contributed by atoms with Crippen molar-refractivity contribution >= 4 is 28.3 Å². The van der Waals surface area contributed by atoms with E-state index in [0.29, 0.717) is 5.57 Å². The molecule has 0 aliphatic carbocycles. The third-order valence-corrected chi connectivity index (χ3v) is 4.94. The molecule has 1 aromatic heterocycles. The molecule has 0 atom stereocenters. The number of rotatable bonds is 4. The molecule has 2 heterocycles. The van der Waals surface area contributed by atoms with Crippen LogP contribution in [0.2, 0.25) is 0 Å². The van der Waals surface area contributed by atoms with Crippen LogP contribution in [0, 0.1) is 18.3 Å². The molecule has 1 N–H and O–H groups in total. The molecule has 0 saturated carbocycles. The predicted octanol–water partition coefficient (Wildman–Crippen LogP) is 4.42. The van der Waals surface area contributed by atoms with E-state index in [0.717, 1.165) is 29.5 Å². The van der Waals surface area contributed by atoms with Crippen LogP contribution in [0.25, 0.3) is 5.57 Å². The Labute approximate surface area is 141 Å². The van der Waals surface area contributed by atoms with Crippen molar-refractivity contribution in [3.8, 4) is 6.07 Å². The predicted molar refractivity (Wildman–Crippen MR) is 96.6 cm³/mol. The number of nitrogens with zero attached hydrogens (tertiary/aromatic N) is 3. The van der Waals surface area contributed by atoms with Crippen molar-refractivity contribution in [1.82, 2.24) is 4.98 Å². The van der Waals surface area contributed by atoms with Gasteiger partial charge in [-0.3, -0.25) is 0 Å². The number of hydrogen-bond acceptors (Lipinski definition) is 5. The summed E-state index contributed by atoms with van der Waals surface area (Å²) in [5.74, 6) is 0. The first-order valence-corrected chi connectivity index (χ1v) is 8.79. The van der Waals surface area contributed by atoms with Crippen LogP contribution in [0.1, 0.15) is 30.0 Å². The van der Waals surface area contributed by atoms with E-state index < -0.39 is 0 Å². The quantitative estimate of drug-likeness (QED) is 0.846. The molecule has 1 aromatic carbocycles. The van der Waals surface area contributed by atoms with Gasteiger partial charge in [-0.05, 0) is 38.3 Å². The van der Waals surface area contributed by atoms with Crippen LogP contribution in [0.15, 0.2) is 35.8 Å². The van der Waals surface area contributed by atoms with Crippen molar-refractivity contribution in [3.05, 3.63) is 46.5 Å². The summed E-state index contributed by atoms with van der Waals surface area (Å²) in [5.41, 5.74) is 3.75. The molecule has 0 radical (unpaired) electrons. The van der Waals surface area contributed by atoms with E-state index in [-0.39, 0.29) is 0 Å². The Hall–Kier alpha value is -2.32. The van der Waals surface area contributed by atoms with Crippen LogP contribution < -0.4 is 10.2 Å². The number of nitriles is 1. The zero-order valence-corrected chi connectivity index (χ0v) is 14.1. The minimum Gasteiger partial charge on any atom is -0.370 e.